The maximum Gasteiger partial charge on any atom is 0.118 e. The molecule has 20 heavy (non-hydrogen) atoms. The van der Waals surface area contributed by atoms with Crippen molar-refractivity contribution in [2.45, 2.75) is 6.10 Å². The first-order chi connectivity index (χ1) is 9.78. The maximum atomic E-state index is 5.86. The Morgan fingerprint density at radius 1 is 1.20 bits per heavy atom. The highest BCUT2D eigenvalue weighted by atomic mass is 32.1. The van der Waals surface area contributed by atoms with Crippen LogP contribution in [-0.2, 0) is 4.74 Å². The lowest BCUT2D eigenvalue weighted by Crippen LogP contribution is -2.36. The molecule has 0 saturated carbocycles. The number of ether oxygens (including phenoxy) is 2. The molecule has 0 amide bonds. The summed E-state index contributed by atoms with van der Waals surface area (Å²) >= 11 is 5.61. The summed E-state index contributed by atoms with van der Waals surface area (Å²) in [5, 5.41) is 0. The number of benzene rings is 1. The van der Waals surface area contributed by atoms with E-state index in [0.717, 1.165) is 21.8 Å². The lowest BCUT2D eigenvalue weighted by molar-refractivity contribution is 0.0831. The van der Waals surface area contributed by atoms with Gasteiger partial charge in [0.05, 0.1) is 19.8 Å². The van der Waals surface area contributed by atoms with Crippen LogP contribution >= 0.6 is 12.2 Å². The van der Waals surface area contributed by atoms with Gasteiger partial charge in [0.2, 0.25) is 0 Å². The van der Waals surface area contributed by atoms with Crippen molar-refractivity contribution < 1.29 is 9.47 Å². The quantitative estimate of drug-likeness (QED) is 0.611. The van der Waals surface area contributed by atoms with E-state index in [4.69, 9.17) is 21.7 Å². The molecule has 0 aromatic heterocycles. The summed E-state index contributed by atoms with van der Waals surface area (Å²) in [5.74, 6) is 1.04. The molecule has 1 heterocycles. The van der Waals surface area contributed by atoms with Crippen LogP contribution in [-0.4, -0.2) is 24.7 Å². The summed E-state index contributed by atoms with van der Waals surface area (Å²) in [4.78, 5) is 0.984. The second-order valence-electron chi connectivity index (χ2n) is 4.88. The molecule has 0 N–H and O–H groups in total. The fourth-order valence-corrected chi connectivity index (χ4v) is 2.80. The largest absolute Gasteiger partial charge is 0.497 e. The van der Waals surface area contributed by atoms with E-state index in [9.17, 15) is 0 Å². The third-order valence-electron chi connectivity index (χ3n) is 3.59. The molecule has 1 saturated heterocycles. The fraction of sp³-hybridized carbons (Fsp3) is 0.235. The standard InChI is InChI=1S/C17H16O2S/c1-18-14-8-6-12(7-9-14)10-13-11-19-16-5-3-2-4-15(16)17(13)20/h2-10,15-16H,11H2,1H3. The molecule has 1 aliphatic heterocycles. The monoisotopic (exact) mass is 284 g/mol. The van der Waals surface area contributed by atoms with Gasteiger partial charge in [0.25, 0.3) is 0 Å². The zero-order valence-corrected chi connectivity index (χ0v) is 12.1. The first-order valence-electron chi connectivity index (χ1n) is 6.63. The lowest BCUT2D eigenvalue weighted by atomic mass is 9.87. The van der Waals surface area contributed by atoms with Crippen LogP contribution in [0.25, 0.3) is 6.08 Å². The summed E-state index contributed by atoms with van der Waals surface area (Å²) in [6, 6.07) is 7.95. The molecule has 0 radical (unpaired) electrons. The van der Waals surface area contributed by atoms with Gasteiger partial charge in [-0.1, -0.05) is 48.7 Å². The van der Waals surface area contributed by atoms with E-state index in [-0.39, 0.29) is 12.0 Å². The topological polar surface area (TPSA) is 18.5 Å². The molecule has 102 valence electrons. The van der Waals surface area contributed by atoms with Crippen molar-refractivity contribution in [2.24, 2.45) is 5.92 Å². The number of hydrogen-bond donors (Lipinski definition) is 0. The lowest BCUT2D eigenvalue weighted by Gasteiger charge is -2.31. The van der Waals surface area contributed by atoms with Gasteiger partial charge < -0.3 is 9.47 Å². The highest BCUT2D eigenvalue weighted by molar-refractivity contribution is 7.81. The maximum absolute atomic E-state index is 5.86. The molecular formula is C17H16O2S. The van der Waals surface area contributed by atoms with Crippen molar-refractivity contribution in [2.75, 3.05) is 13.7 Å². The van der Waals surface area contributed by atoms with Crippen LogP contribution in [0.5, 0.6) is 5.75 Å². The normalized spacial score (nSPS) is 26.6. The smallest absolute Gasteiger partial charge is 0.118 e. The van der Waals surface area contributed by atoms with Crippen LogP contribution in [0.1, 0.15) is 5.56 Å². The predicted molar refractivity (Wildman–Crippen MR) is 85.1 cm³/mol. The summed E-state index contributed by atoms with van der Waals surface area (Å²) in [6.07, 6.45) is 10.4. The Balaban J connectivity index is 1.82. The van der Waals surface area contributed by atoms with Crippen LogP contribution in [0.3, 0.4) is 0 Å². The highest BCUT2D eigenvalue weighted by Gasteiger charge is 2.30. The summed E-state index contributed by atoms with van der Waals surface area (Å²) in [6.45, 7) is 0.574. The summed E-state index contributed by atoms with van der Waals surface area (Å²) in [7, 11) is 1.67. The van der Waals surface area contributed by atoms with Crippen molar-refractivity contribution in [3.05, 3.63) is 59.7 Å². The molecule has 2 nitrogen and oxygen atoms in total. The number of rotatable bonds is 2. The average molecular weight is 284 g/mol. The number of methoxy groups -OCH3 is 1. The Labute approximate surface area is 124 Å². The predicted octanol–water partition coefficient (Wildman–Crippen LogP) is 3.59. The Hall–Kier alpha value is -1.71. The molecule has 1 aromatic carbocycles. The highest BCUT2D eigenvalue weighted by Crippen LogP contribution is 2.28. The van der Waals surface area contributed by atoms with E-state index >= 15 is 0 Å². The van der Waals surface area contributed by atoms with Crippen LogP contribution in [0, 0.1) is 5.92 Å². The summed E-state index contributed by atoms with van der Waals surface area (Å²) < 4.78 is 11.0. The van der Waals surface area contributed by atoms with E-state index in [1.54, 1.807) is 7.11 Å². The van der Waals surface area contributed by atoms with Crippen molar-refractivity contribution in [1.82, 2.24) is 0 Å². The zero-order valence-electron chi connectivity index (χ0n) is 11.3. The Morgan fingerprint density at radius 3 is 2.70 bits per heavy atom. The molecular weight excluding hydrogens is 268 g/mol. The van der Waals surface area contributed by atoms with Gasteiger partial charge in [0.15, 0.2) is 0 Å². The van der Waals surface area contributed by atoms with Gasteiger partial charge >= 0.3 is 0 Å². The second kappa shape index (κ2) is 5.73. The van der Waals surface area contributed by atoms with E-state index in [1.165, 1.54) is 0 Å². The van der Waals surface area contributed by atoms with E-state index in [0.29, 0.717) is 6.61 Å². The first kappa shape index (κ1) is 13.3. The number of hydrogen-bond acceptors (Lipinski definition) is 3. The summed E-state index contributed by atoms with van der Waals surface area (Å²) in [5.41, 5.74) is 2.20. The third-order valence-corrected chi connectivity index (χ3v) is 4.13. The van der Waals surface area contributed by atoms with Crippen LogP contribution in [0.4, 0.5) is 0 Å². The number of fused-ring (bicyclic) bond motifs is 1. The Bertz CT molecular complexity index is 596. The minimum atomic E-state index is 0.0977. The van der Waals surface area contributed by atoms with Crippen LogP contribution in [0.2, 0.25) is 0 Å². The number of thiocarbonyl (C=S) groups is 1. The van der Waals surface area contributed by atoms with E-state index in [1.807, 2.05) is 36.4 Å². The molecule has 1 aromatic rings. The minimum absolute atomic E-state index is 0.0977. The zero-order chi connectivity index (χ0) is 13.9. The Morgan fingerprint density at radius 2 is 1.95 bits per heavy atom. The van der Waals surface area contributed by atoms with Gasteiger partial charge in [-0.05, 0) is 29.3 Å². The van der Waals surface area contributed by atoms with Crippen LogP contribution < -0.4 is 4.74 Å². The fourth-order valence-electron chi connectivity index (χ4n) is 2.47. The first-order valence-corrected chi connectivity index (χ1v) is 7.04. The molecule has 1 aliphatic carbocycles. The van der Waals surface area contributed by atoms with Gasteiger partial charge in [-0.15, -0.1) is 0 Å². The van der Waals surface area contributed by atoms with Gasteiger partial charge in [-0.25, -0.2) is 0 Å². The molecule has 1 fully saturated rings. The van der Waals surface area contributed by atoms with E-state index < -0.39 is 0 Å². The molecule has 0 spiro atoms. The minimum Gasteiger partial charge on any atom is -0.497 e. The van der Waals surface area contributed by atoms with Gasteiger partial charge in [-0.2, -0.15) is 0 Å². The average Bonchev–Trinajstić information content (AvgIpc) is 2.51. The van der Waals surface area contributed by atoms with Crippen molar-refractivity contribution in [3.63, 3.8) is 0 Å². The van der Waals surface area contributed by atoms with Crippen molar-refractivity contribution >= 4 is 23.2 Å². The van der Waals surface area contributed by atoms with Gasteiger partial charge in [0.1, 0.15) is 5.75 Å². The molecule has 2 unspecified atom stereocenters. The van der Waals surface area contributed by atoms with Crippen LogP contribution in [0.15, 0.2) is 54.1 Å². The molecule has 0 bridgehead atoms. The number of allylic oxidation sites excluding steroid dienone is 2. The van der Waals surface area contributed by atoms with Gasteiger partial charge in [-0.3, -0.25) is 0 Å². The Kier molecular flexibility index (Phi) is 3.81. The molecule has 2 atom stereocenters. The van der Waals surface area contributed by atoms with Crippen molar-refractivity contribution in [3.8, 4) is 5.75 Å². The molecule has 2 aliphatic rings. The molecule has 3 heteroatoms. The third kappa shape index (κ3) is 2.60. The van der Waals surface area contributed by atoms with Gasteiger partial charge in [0, 0.05) is 10.8 Å². The second-order valence-corrected chi connectivity index (χ2v) is 5.32. The molecule has 3 rings (SSSR count). The van der Waals surface area contributed by atoms with Crippen molar-refractivity contribution in [1.29, 1.82) is 0 Å². The van der Waals surface area contributed by atoms with E-state index in [2.05, 4.69) is 18.2 Å². The SMILES string of the molecule is COc1ccc(C=C2COC3C=CC=CC3C2=S)cc1.